The summed E-state index contributed by atoms with van der Waals surface area (Å²) in [5.41, 5.74) is -0.450. The molecule has 130 valence electrons. The van der Waals surface area contributed by atoms with Gasteiger partial charge in [0.2, 0.25) is 0 Å². The van der Waals surface area contributed by atoms with Crippen LogP contribution in [-0.2, 0) is 11.3 Å². The number of hydrogen-bond acceptors (Lipinski definition) is 4. The fourth-order valence-corrected chi connectivity index (χ4v) is 3.00. The topological polar surface area (TPSA) is 54.7 Å². The van der Waals surface area contributed by atoms with E-state index in [0.717, 1.165) is 31.4 Å². The number of furan rings is 1. The number of carbonyl (C=O) groups is 1. The molecule has 0 spiro atoms. The summed E-state index contributed by atoms with van der Waals surface area (Å²) in [6, 6.07) is 4.34. The number of nitrogens with one attached hydrogen (secondary N) is 1. The van der Waals surface area contributed by atoms with Gasteiger partial charge in [0.05, 0.1) is 6.54 Å². The first-order valence-corrected chi connectivity index (χ1v) is 8.56. The molecule has 5 nitrogen and oxygen atoms in total. The van der Waals surface area contributed by atoms with Crippen molar-refractivity contribution >= 4 is 17.7 Å². The highest BCUT2D eigenvalue weighted by atomic mass is 35.5. The Bertz CT molecular complexity index is 516. The second-order valence-corrected chi connectivity index (χ2v) is 7.56. The van der Waals surface area contributed by atoms with Crippen LogP contribution in [0.15, 0.2) is 16.5 Å². The van der Waals surface area contributed by atoms with E-state index < -0.39 is 5.60 Å². The van der Waals surface area contributed by atoms with Gasteiger partial charge in [0.1, 0.15) is 11.4 Å². The Morgan fingerprint density at radius 3 is 2.52 bits per heavy atom. The molecule has 0 radical (unpaired) electrons. The average Bonchev–Trinajstić information content (AvgIpc) is 2.89. The predicted octanol–water partition coefficient (Wildman–Crippen LogP) is 4.20. The van der Waals surface area contributed by atoms with Gasteiger partial charge in [-0.05, 0) is 70.2 Å². The van der Waals surface area contributed by atoms with Crippen molar-refractivity contribution in [3.63, 3.8) is 0 Å². The summed E-state index contributed by atoms with van der Waals surface area (Å²) in [7, 11) is 1.83. The molecule has 1 saturated carbocycles. The zero-order valence-electron chi connectivity index (χ0n) is 14.4. The number of hydrogen-bond donors (Lipinski definition) is 1. The number of rotatable bonds is 4. The molecule has 1 fully saturated rings. The van der Waals surface area contributed by atoms with E-state index >= 15 is 0 Å². The van der Waals surface area contributed by atoms with Gasteiger partial charge >= 0.3 is 6.09 Å². The first-order chi connectivity index (χ1) is 10.7. The molecule has 1 aliphatic carbocycles. The van der Waals surface area contributed by atoms with Gasteiger partial charge in [-0.2, -0.15) is 0 Å². The van der Waals surface area contributed by atoms with Gasteiger partial charge in [-0.3, -0.25) is 0 Å². The van der Waals surface area contributed by atoms with Crippen molar-refractivity contribution in [3.05, 3.63) is 23.1 Å². The van der Waals surface area contributed by atoms with Crippen LogP contribution in [0, 0.1) is 0 Å². The van der Waals surface area contributed by atoms with E-state index in [1.807, 2.05) is 33.9 Å². The van der Waals surface area contributed by atoms with Crippen LogP contribution in [0.5, 0.6) is 0 Å². The van der Waals surface area contributed by atoms with Crippen LogP contribution >= 0.6 is 11.6 Å². The Hall–Kier alpha value is -1.20. The molecular weight excluding hydrogens is 316 g/mol. The summed E-state index contributed by atoms with van der Waals surface area (Å²) in [6.45, 7) is 6.35. The maximum atomic E-state index is 12.1. The molecule has 2 rings (SSSR count). The molecule has 0 atom stereocenters. The molecule has 0 aromatic carbocycles. The van der Waals surface area contributed by atoms with Crippen LogP contribution < -0.4 is 5.32 Å². The number of halogens is 1. The Kier molecular flexibility index (Phi) is 5.98. The summed E-state index contributed by atoms with van der Waals surface area (Å²) in [5, 5.41) is 3.91. The fraction of sp³-hybridized carbons (Fsp3) is 0.706. The number of amides is 1. The van der Waals surface area contributed by atoms with Crippen molar-refractivity contribution in [2.75, 3.05) is 7.05 Å². The lowest BCUT2D eigenvalue weighted by Gasteiger charge is -2.35. The van der Waals surface area contributed by atoms with Crippen molar-refractivity contribution in [1.82, 2.24) is 10.2 Å². The van der Waals surface area contributed by atoms with E-state index in [9.17, 15) is 4.79 Å². The molecule has 0 aliphatic heterocycles. The van der Waals surface area contributed by atoms with Crippen LogP contribution in [0.4, 0.5) is 4.79 Å². The molecule has 1 amide bonds. The molecule has 6 heteroatoms. The summed E-state index contributed by atoms with van der Waals surface area (Å²) in [6.07, 6.45) is 3.79. The van der Waals surface area contributed by atoms with Crippen LogP contribution in [0.3, 0.4) is 0 Å². The SMILES string of the molecule is CN(C(=O)OC(C)(C)C)C1CCC(NCc2ccc(Cl)o2)CC1. The van der Waals surface area contributed by atoms with E-state index in [2.05, 4.69) is 5.32 Å². The fourth-order valence-electron chi connectivity index (χ4n) is 2.84. The molecule has 0 unspecified atom stereocenters. The standard InChI is InChI=1S/C17H27ClN2O3/c1-17(2,3)23-16(21)20(4)13-7-5-12(6-8-13)19-11-14-9-10-15(18)22-14/h9-10,12-13,19H,5-8,11H2,1-4H3. The number of ether oxygens (including phenoxy) is 1. The van der Waals surface area contributed by atoms with E-state index in [0.29, 0.717) is 17.8 Å². The number of carbonyl (C=O) groups excluding carboxylic acids is 1. The minimum Gasteiger partial charge on any atom is -0.448 e. The first kappa shape index (κ1) is 18.1. The second-order valence-electron chi connectivity index (χ2n) is 7.18. The summed E-state index contributed by atoms with van der Waals surface area (Å²) >= 11 is 5.77. The maximum Gasteiger partial charge on any atom is 0.410 e. The summed E-state index contributed by atoms with van der Waals surface area (Å²) < 4.78 is 10.8. The maximum absolute atomic E-state index is 12.1. The first-order valence-electron chi connectivity index (χ1n) is 8.18. The second kappa shape index (κ2) is 7.58. The molecule has 1 N–H and O–H groups in total. The third-order valence-electron chi connectivity index (χ3n) is 4.12. The Balaban J connectivity index is 1.73. The van der Waals surface area contributed by atoms with Gasteiger partial charge in [0, 0.05) is 19.1 Å². The Labute approximate surface area is 143 Å². The predicted molar refractivity (Wildman–Crippen MR) is 90.6 cm³/mol. The average molecular weight is 343 g/mol. The van der Waals surface area contributed by atoms with Gasteiger partial charge in [-0.1, -0.05) is 0 Å². The Morgan fingerprint density at radius 2 is 2.00 bits per heavy atom. The molecule has 1 aromatic rings. The van der Waals surface area contributed by atoms with Crippen LogP contribution in [0.1, 0.15) is 52.2 Å². The molecular formula is C17H27ClN2O3. The summed E-state index contributed by atoms with van der Waals surface area (Å²) in [5.74, 6) is 0.850. The van der Waals surface area contributed by atoms with Crippen molar-refractivity contribution in [2.24, 2.45) is 0 Å². The molecule has 1 aromatic heterocycles. The lowest BCUT2D eigenvalue weighted by atomic mass is 9.90. The normalized spacial score (nSPS) is 22.0. The van der Waals surface area contributed by atoms with Crippen LogP contribution in [0.25, 0.3) is 0 Å². The Morgan fingerprint density at radius 1 is 1.35 bits per heavy atom. The highest BCUT2D eigenvalue weighted by Gasteiger charge is 2.29. The van der Waals surface area contributed by atoms with Gasteiger partial charge < -0.3 is 19.4 Å². The third kappa shape index (κ3) is 5.74. The zero-order chi connectivity index (χ0) is 17.0. The van der Waals surface area contributed by atoms with Gasteiger partial charge in [0.15, 0.2) is 5.22 Å². The zero-order valence-corrected chi connectivity index (χ0v) is 15.2. The molecule has 1 heterocycles. The van der Waals surface area contributed by atoms with Gasteiger partial charge in [-0.25, -0.2) is 4.79 Å². The van der Waals surface area contributed by atoms with Crippen molar-refractivity contribution in [2.45, 2.75) is 70.7 Å². The molecule has 23 heavy (non-hydrogen) atoms. The molecule has 1 aliphatic rings. The largest absolute Gasteiger partial charge is 0.448 e. The van der Waals surface area contributed by atoms with Crippen molar-refractivity contribution in [3.8, 4) is 0 Å². The molecule has 0 saturated heterocycles. The minimum atomic E-state index is -0.450. The van der Waals surface area contributed by atoms with Crippen LogP contribution in [0.2, 0.25) is 5.22 Å². The lowest BCUT2D eigenvalue weighted by Crippen LogP contribution is -2.44. The number of nitrogens with zero attached hydrogens (tertiary/aromatic N) is 1. The van der Waals surface area contributed by atoms with E-state index in [-0.39, 0.29) is 12.1 Å². The van der Waals surface area contributed by atoms with E-state index in [1.54, 1.807) is 11.0 Å². The monoisotopic (exact) mass is 342 g/mol. The van der Waals surface area contributed by atoms with Gasteiger partial charge in [-0.15, -0.1) is 0 Å². The van der Waals surface area contributed by atoms with E-state index in [1.165, 1.54) is 0 Å². The lowest BCUT2D eigenvalue weighted by molar-refractivity contribution is 0.0179. The quantitative estimate of drug-likeness (QED) is 0.890. The van der Waals surface area contributed by atoms with Gasteiger partial charge in [0.25, 0.3) is 0 Å². The van der Waals surface area contributed by atoms with E-state index in [4.69, 9.17) is 20.8 Å². The highest BCUT2D eigenvalue weighted by molar-refractivity contribution is 6.28. The van der Waals surface area contributed by atoms with Crippen LogP contribution in [-0.4, -0.2) is 35.7 Å². The smallest absolute Gasteiger partial charge is 0.410 e. The third-order valence-corrected chi connectivity index (χ3v) is 4.32. The van der Waals surface area contributed by atoms with Crippen molar-refractivity contribution in [1.29, 1.82) is 0 Å². The molecule has 0 bridgehead atoms. The highest BCUT2D eigenvalue weighted by Crippen LogP contribution is 2.24. The van der Waals surface area contributed by atoms with Crippen molar-refractivity contribution < 1.29 is 13.9 Å². The minimum absolute atomic E-state index is 0.237. The summed E-state index contributed by atoms with van der Waals surface area (Å²) in [4.78, 5) is 13.9.